The molecule has 9 heteroatoms. The molecule has 1 atom stereocenters. The Morgan fingerprint density at radius 2 is 1.91 bits per heavy atom. The minimum atomic E-state index is -0.343. The number of hydrogen-bond donors (Lipinski definition) is 2. The van der Waals surface area contributed by atoms with Crippen molar-refractivity contribution in [2.45, 2.75) is 25.5 Å². The van der Waals surface area contributed by atoms with Gasteiger partial charge in [-0.2, -0.15) is 0 Å². The maximum atomic E-state index is 13.2. The number of piperazine rings is 1. The van der Waals surface area contributed by atoms with E-state index in [2.05, 4.69) is 25.4 Å². The van der Waals surface area contributed by atoms with Crippen LogP contribution >= 0.6 is 24.0 Å². The van der Waals surface area contributed by atoms with Gasteiger partial charge in [0, 0.05) is 57.8 Å². The Kier molecular flexibility index (Phi) is 9.30. The predicted octanol–water partition coefficient (Wildman–Crippen LogP) is 3.46. The summed E-state index contributed by atoms with van der Waals surface area (Å²) in [4.78, 5) is 21.2. The number of benzene rings is 2. The summed E-state index contributed by atoms with van der Waals surface area (Å²) in [6.45, 7) is 4.60. The van der Waals surface area contributed by atoms with Gasteiger partial charge in [0.15, 0.2) is 5.96 Å². The van der Waals surface area contributed by atoms with Gasteiger partial charge in [0.1, 0.15) is 11.9 Å². The van der Waals surface area contributed by atoms with E-state index in [-0.39, 0.29) is 41.8 Å². The van der Waals surface area contributed by atoms with Crippen LogP contribution in [0.2, 0.25) is 0 Å². The summed E-state index contributed by atoms with van der Waals surface area (Å²) in [5, 5.41) is 6.38. The molecule has 2 fully saturated rings. The van der Waals surface area contributed by atoms with Crippen LogP contribution in [0.25, 0.3) is 0 Å². The molecule has 2 aromatic rings. The van der Waals surface area contributed by atoms with Crippen LogP contribution in [0, 0.1) is 5.82 Å². The average molecular weight is 567 g/mol. The number of carbonyl (C=O) groups excluding carboxylic acids is 1. The van der Waals surface area contributed by atoms with Crippen molar-refractivity contribution in [1.29, 1.82) is 0 Å². The minimum absolute atomic E-state index is 0. The number of hydrogen-bond acceptors (Lipinski definition) is 4. The Morgan fingerprint density at radius 3 is 2.58 bits per heavy atom. The molecule has 2 aromatic carbocycles. The Balaban J connectivity index is 0.00000306. The number of guanidine groups is 1. The summed E-state index contributed by atoms with van der Waals surface area (Å²) in [6.07, 6.45) is 1.36. The highest BCUT2D eigenvalue weighted by Gasteiger charge is 2.23. The van der Waals surface area contributed by atoms with Crippen molar-refractivity contribution in [3.8, 4) is 0 Å². The van der Waals surface area contributed by atoms with Gasteiger partial charge < -0.3 is 25.2 Å². The van der Waals surface area contributed by atoms with Crippen LogP contribution in [0.4, 0.5) is 15.8 Å². The summed E-state index contributed by atoms with van der Waals surface area (Å²) < 4.78 is 18.6. The molecule has 33 heavy (non-hydrogen) atoms. The van der Waals surface area contributed by atoms with E-state index < -0.39 is 0 Å². The maximum absolute atomic E-state index is 13.2. The number of amides is 1. The Morgan fingerprint density at radius 1 is 1.15 bits per heavy atom. The first-order chi connectivity index (χ1) is 15.6. The molecule has 1 unspecified atom stereocenters. The summed E-state index contributed by atoms with van der Waals surface area (Å²) in [6, 6.07) is 14.5. The van der Waals surface area contributed by atoms with Gasteiger partial charge in [-0.25, -0.2) is 4.39 Å². The molecule has 0 radical (unpaired) electrons. The molecule has 4 rings (SSSR count). The molecule has 0 aromatic heterocycles. The fourth-order valence-electron chi connectivity index (χ4n) is 4.11. The van der Waals surface area contributed by atoms with Crippen LogP contribution in [0.3, 0.4) is 0 Å². The molecule has 0 saturated carbocycles. The van der Waals surface area contributed by atoms with E-state index in [4.69, 9.17) is 4.74 Å². The van der Waals surface area contributed by atoms with E-state index in [9.17, 15) is 9.18 Å². The molecular formula is C24H31FIN5O2. The number of nitrogens with zero attached hydrogens (tertiary/aromatic N) is 3. The van der Waals surface area contributed by atoms with Crippen molar-refractivity contribution in [3.05, 3.63) is 59.9 Å². The normalized spacial score (nSPS) is 18.6. The lowest BCUT2D eigenvalue weighted by Crippen LogP contribution is -2.52. The topological polar surface area (TPSA) is 69.2 Å². The zero-order chi connectivity index (χ0) is 22.3. The highest BCUT2D eigenvalue weighted by molar-refractivity contribution is 14.0. The van der Waals surface area contributed by atoms with Crippen molar-refractivity contribution < 1.29 is 13.9 Å². The minimum Gasteiger partial charge on any atom is -0.368 e. The second-order valence-corrected chi connectivity index (χ2v) is 8.04. The molecule has 2 aliphatic heterocycles. The smallest absolute Gasteiger partial charge is 0.253 e. The lowest BCUT2D eigenvalue weighted by atomic mass is 10.2. The molecule has 2 heterocycles. The molecule has 0 spiro atoms. The van der Waals surface area contributed by atoms with Gasteiger partial charge in [-0.15, -0.1) is 24.0 Å². The summed E-state index contributed by atoms with van der Waals surface area (Å²) >= 11 is 0. The van der Waals surface area contributed by atoms with Crippen LogP contribution in [0.5, 0.6) is 0 Å². The molecule has 178 valence electrons. The van der Waals surface area contributed by atoms with Crippen molar-refractivity contribution >= 4 is 47.2 Å². The van der Waals surface area contributed by atoms with Crippen molar-refractivity contribution in [2.75, 3.05) is 50.1 Å². The predicted molar refractivity (Wildman–Crippen MR) is 140 cm³/mol. The Hall–Kier alpha value is -2.40. The van der Waals surface area contributed by atoms with Gasteiger partial charge in [-0.1, -0.05) is 12.1 Å². The number of nitrogens with one attached hydrogen (secondary N) is 2. The molecule has 1 amide bonds. The first-order valence-electron chi connectivity index (χ1n) is 11.1. The zero-order valence-electron chi connectivity index (χ0n) is 18.8. The van der Waals surface area contributed by atoms with Gasteiger partial charge in [0.25, 0.3) is 5.91 Å². The number of carbonyl (C=O) groups is 1. The number of rotatable bonds is 5. The lowest BCUT2D eigenvalue weighted by molar-refractivity contribution is -0.124. The van der Waals surface area contributed by atoms with Gasteiger partial charge in [-0.3, -0.25) is 9.79 Å². The van der Waals surface area contributed by atoms with Crippen LogP contribution in [0.1, 0.15) is 18.4 Å². The van der Waals surface area contributed by atoms with Crippen molar-refractivity contribution in [1.82, 2.24) is 10.2 Å². The fraction of sp³-hybridized carbons (Fsp3) is 0.417. The molecule has 2 saturated heterocycles. The van der Waals surface area contributed by atoms with Gasteiger partial charge in [0.2, 0.25) is 0 Å². The lowest BCUT2D eigenvalue weighted by Gasteiger charge is -2.37. The second-order valence-electron chi connectivity index (χ2n) is 8.04. The zero-order valence-corrected chi connectivity index (χ0v) is 21.1. The SMILES string of the molecule is CN=C(NCc1cccc(NC(=O)C2CCCO2)c1)N1CCN(c2ccc(F)cc2)CC1.I. The monoisotopic (exact) mass is 567 g/mol. The third-order valence-electron chi connectivity index (χ3n) is 5.85. The molecule has 0 aliphatic carbocycles. The molecule has 2 aliphatic rings. The van der Waals surface area contributed by atoms with Gasteiger partial charge in [0.05, 0.1) is 0 Å². The second kappa shape index (κ2) is 12.2. The van der Waals surface area contributed by atoms with Crippen LogP contribution in [-0.4, -0.2) is 62.7 Å². The van der Waals surface area contributed by atoms with E-state index in [0.717, 1.165) is 61.9 Å². The fourth-order valence-corrected chi connectivity index (χ4v) is 4.11. The molecule has 7 nitrogen and oxygen atoms in total. The third-order valence-corrected chi connectivity index (χ3v) is 5.85. The Labute approximate surface area is 211 Å². The van der Waals surface area contributed by atoms with E-state index in [1.165, 1.54) is 12.1 Å². The first-order valence-corrected chi connectivity index (χ1v) is 11.1. The number of anilines is 2. The summed E-state index contributed by atoms with van der Waals surface area (Å²) in [5.41, 5.74) is 2.87. The van der Waals surface area contributed by atoms with Crippen molar-refractivity contribution in [3.63, 3.8) is 0 Å². The first kappa shape index (κ1) is 25.2. The highest BCUT2D eigenvalue weighted by Crippen LogP contribution is 2.18. The van der Waals surface area contributed by atoms with Crippen LogP contribution in [-0.2, 0) is 16.1 Å². The number of halogens is 2. The molecule has 0 bridgehead atoms. The summed E-state index contributed by atoms with van der Waals surface area (Å²) in [7, 11) is 1.78. The maximum Gasteiger partial charge on any atom is 0.253 e. The largest absolute Gasteiger partial charge is 0.368 e. The molecular weight excluding hydrogens is 536 g/mol. The number of ether oxygens (including phenoxy) is 1. The van der Waals surface area contributed by atoms with Crippen molar-refractivity contribution in [2.24, 2.45) is 4.99 Å². The van der Waals surface area contributed by atoms with Crippen LogP contribution in [0.15, 0.2) is 53.5 Å². The van der Waals surface area contributed by atoms with E-state index in [1.54, 1.807) is 7.05 Å². The third kappa shape index (κ3) is 6.80. The summed E-state index contributed by atoms with van der Waals surface area (Å²) in [5.74, 6) is 0.549. The molecule has 2 N–H and O–H groups in total. The van der Waals surface area contributed by atoms with Crippen LogP contribution < -0.4 is 15.5 Å². The average Bonchev–Trinajstić information content (AvgIpc) is 3.36. The van der Waals surface area contributed by atoms with E-state index in [1.807, 2.05) is 36.4 Å². The van der Waals surface area contributed by atoms with E-state index >= 15 is 0 Å². The standard InChI is InChI=1S/C24H30FN5O2.HI/c1-26-24(30-13-11-29(12-14-30)21-9-7-19(25)8-10-21)27-17-18-4-2-5-20(16-18)28-23(31)22-6-3-15-32-22;/h2,4-5,7-10,16,22H,3,6,11-15,17H2,1H3,(H,26,27)(H,28,31);1H. The van der Waals surface area contributed by atoms with E-state index in [0.29, 0.717) is 13.2 Å². The quantitative estimate of drug-likeness (QED) is 0.329. The highest BCUT2D eigenvalue weighted by atomic mass is 127. The van der Waals surface area contributed by atoms with Gasteiger partial charge in [-0.05, 0) is 54.8 Å². The Bertz CT molecular complexity index is 942. The van der Waals surface area contributed by atoms with Gasteiger partial charge >= 0.3 is 0 Å². The number of aliphatic imine (C=N–C) groups is 1.